The smallest absolute Gasteiger partial charge is 0.230 e. The Morgan fingerprint density at radius 1 is 1.39 bits per heavy atom. The highest BCUT2D eigenvalue weighted by Gasteiger charge is 2.29. The van der Waals surface area contributed by atoms with E-state index in [1.54, 1.807) is 12.1 Å². The monoisotopic (exact) mass is 322 g/mol. The van der Waals surface area contributed by atoms with Crippen molar-refractivity contribution >= 4 is 5.91 Å². The quantitative estimate of drug-likeness (QED) is 0.788. The molecule has 1 amide bonds. The van der Waals surface area contributed by atoms with Gasteiger partial charge in [0.1, 0.15) is 5.82 Å². The summed E-state index contributed by atoms with van der Waals surface area (Å²) < 4.78 is 13.3. The van der Waals surface area contributed by atoms with E-state index in [0.29, 0.717) is 12.1 Å². The van der Waals surface area contributed by atoms with Gasteiger partial charge in [0.05, 0.1) is 11.5 Å². The van der Waals surface area contributed by atoms with E-state index in [1.165, 1.54) is 12.1 Å². The van der Waals surface area contributed by atoms with E-state index in [2.05, 4.69) is 10.2 Å². The molecule has 0 saturated carbocycles. The van der Waals surface area contributed by atoms with Crippen LogP contribution in [-0.4, -0.2) is 48.2 Å². The number of carbonyl (C=O) groups excluding carboxylic acids is 1. The van der Waals surface area contributed by atoms with Crippen LogP contribution in [-0.2, 0) is 10.2 Å². The maximum atomic E-state index is 13.3. The molecular weight excluding hydrogens is 295 g/mol. The molecule has 0 aliphatic carbocycles. The Bertz CT molecular complexity index is 526. The summed E-state index contributed by atoms with van der Waals surface area (Å²) in [6.07, 6.45) is 2.39. The van der Waals surface area contributed by atoms with Crippen LogP contribution in [0.4, 0.5) is 4.39 Å². The lowest BCUT2D eigenvalue weighted by atomic mass is 9.83. The number of halogens is 1. The number of rotatable bonds is 6. The van der Waals surface area contributed by atoms with Crippen LogP contribution >= 0.6 is 0 Å². The molecule has 1 heterocycles. The van der Waals surface area contributed by atoms with Crippen molar-refractivity contribution in [1.82, 2.24) is 10.2 Å². The average Bonchev–Trinajstić information content (AvgIpc) is 2.53. The summed E-state index contributed by atoms with van der Waals surface area (Å²) in [6.45, 7) is 6.99. The first-order chi connectivity index (χ1) is 10.9. The van der Waals surface area contributed by atoms with Crippen molar-refractivity contribution in [3.05, 3.63) is 35.6 Å². The lowest BCUT2D eigenvalue weighted by Crippen LogP contribution is -2.42. The van der Waals surface area contributed by atoms with Gasteiger partial charge in [-0.05, 0) is 57.4 Å². The van der Waals surface area contributed by atoms with E-state index < -0.39 is 5.41 Å². The molecular formula is C18H27FN2O2. The van der Waals surface area contributed by atoms with Crippen LogP contribution in [0.3, 0.4) is 0 Å². The molecule has 1 aliphatic rings. The van der Waals surface area contributed by atoms with Crippen LogP contribution in [0.1, 0.15) is 38.7 Å². The van der Waals surface area contributed by atoms with E-state index in [1.807, 2.05) is 13.8 Å². The van der Waals surface area contributed by atoms with Crippen molar-refractivity contribution in [2.24, 2.45) is 0 Å². The van der Waals surface area contributed by atoms with E-state index >= 15 is 0 Å². The van der Waals surface area contributed by atoms with Crippen LogP contribution in [0.5, 0.6) is 0 Å². The second-order valence-corrected chi connectivity index (χ2v) is 6.82. The topological polar surface area (TPSA) is 52.6 Å². The van der Waals surface area contributed by atoms with E-state index in [0.717, 1.165) is 38.9 Å². The predicted molar refractivity (Wildman–Crippen MR) is 88.7 cm³/mol. The van der Waals surface area contributed by atoms with Gasteiger partial charge >= 0.3 is 0 Å². The number of hydrogen-bond donors (Lipinski definition) is 2. The highest BCUT2D eigenvalue weighted by atomic mass is 19.1. The third kappa shape index (κ3) is 5.01. The number of aliphatic hydroxyl groups is 1. The molecule has 0 spiro atoms. The first-order valence-electron chi connectivity index (χ1n) is 8.34. The Kier molecular flexibility index (Phi) is 6.13. The second kappa shape index (κ2) is 7.88. The number of nitrogens with zero attached hydrogens (tertiary/aromatic N) is 1. The van der Waals surface area contributed by atoms with Crippen molar-refractivity contribution in [2.45, 2.75) is 44.6 Å². The minimum atomic E-state index is -0.753. The summed E-state index contributed by atoms with van der Waals surface area (Å²) in [5.41, 5.74) is -0.0721. The van der Waals surface area contributed by atoms with Gasteiger partial charge in [-0.2, -0.15) is 0 Å². The zero-order valence-electron chi connectivity index (χ0n) is 14.0. The summed E-state index contributed by atoms with van der Waals surface area (Å²) in [7, 11) is 0. The molecule has 0 bridgehead atoms. The molecule has 1 fully saturated rings. The van der Waals surface area contributed by atoms with E-state index in [4.69, 9.17) is 0 Å². The fourth-order valence-corrected chi connectivity index (χ4v) is 2.88. The first-order valence-corrected chi connectivity index (χ1v) is 8.34. The first kappa shape index (κ1) is 17.9. The number of carbonyl (C=O) groups is 1. The molecule has 1 aliphatic heterocycles. The summed E-state index contributed by atoms with van der Waals surface area (Å²) in [4.78, 5) is 14.7. The molecule has 0 atom stereocenters. The average molecular weight is 322 g/mol. The Balaban J connectivity index is 1.75. The van der Waals surface area contributed by atoms with Gasteiger partial charge in [0.2, 0.25) is 5.91 Å². The zero-order valence-corrected chi connectivity index (χ0v) is 14.0. The Labute approximate surface area is 137 Å². The number of likely N-dealkylation sites (tertiary alicyclic amines) is 1. The van der Waals surface area contributed by atoms with Gasteiger partial charge in [-0.3, -0.25) is 4.79 Å². The lowest BCUT2D eigenvalue weighted by Gasteiger charge is -2.29. The molecule has 1 aromatic rings. The summed E-state index contributed by atoms with van der Waals surface area (Å²) in [6, 6.07) is 6.21. The molecule has 2 N–H and O–H groups in total. The molecule has 4 nitrogen and oxygen atoms in total. The van der Waals surface area contributed by atoms with Gasteiger partial charge in [0.25, 0.3) is 0 Å². The number of hydrogen-bond acceptors (Lipinski definition) is 3. The van der Waals surface area contributed by atoms with Gasteiger partial charge in [-0.1, -0.05) is 12.1 Å². The fraction of sp³-hybridized carbons (Fsp3) is 0.611. The highest BCUT2D eigenvalue weighted by Crippen LogP contribution is 2.23. The number of aliphatic hydroxyl groups excluding tert-OH is 1. The molecule has 128 valence electrons. The maximum absolute atomic E-state index is 13.3. The second-order valence-electron chi connectivity index (χ2n) is 6.82. The standard InChI is InChI=1S/C18H27FN2O2/c1-18(2,14-5-3-6-15(19)13-14)17(23)20-9-4-10-21-11-7-16(22)8-12-21/h3,5-6,13,16,22H,4,7-12H2,1-2H3,(H,20,23). The van der Waals surface area contributed by atoms with Gasteiger partial charge in [-0.15, -0.1) is 0 Å². The van der Waals surface area contributed by atoms with Crippen molar-refractivity contribution in [2.75, 3.05) is 26.2 Å². The third-order valence-electron chi connectivity index (χ3n) is 4.61. The van der Waals surface area contributed by atoms with Crippen LogP contribution in [0.2, 0.25) is 0 Å². The predicted octanol–water partition coefficient (Wildman–Crippen LogP) is 2.07. The van der Waals surface area contributed by atoms with Crippen LogP contribution in [0.25, 0.3) is 0 Å². The SMILES string of the molecule is CC(C)(C(=O)NCCCN1CCC(O)CC1)c1cccc(F)c1. The van der Waals surface area contributed by atoms with E-state index in [-0.39, 0.29) is 17.8 Å². The molecule has 2 rings (SSSR count). The van der Waals surface area contributed by atoms with Gasteiger partial charge in [0, 0.05) is 19.6 Å². The number of amides is 1. The molecule has 0 unspecified atom stereocenters. The van der Waals surface area contributed by atoms with Crippen LogP contribution in [0, 0.1) is 5.82 Å². The zero-order chi connectivity index (χ0) is 16.9. The number of nitrogens with one attached hydrogen (secondary N) is 1. The van der Waals surface area contributed by atoms with E-state index in [9.17, 15) is 14.3 Å². The van der Waals surface area contributed by atoms with Gasteiger partial charge in [0.15, 0.2) is 0 Å². The van der Waals surface area contributed by atoms with Crippen LogP contribution in [0.15, 0.2) is 24.3 Å². The van der Waals surface area contributed by atoms with Crippen molar-refractivity contribution in [1.29, 1.82) is 0 Å². The highest BCUT2D eigenvalue weighted by molar-refractivity contribution is 5.87. The largest absolute Gasteiger partial charge is 0.393 e. The molecule has 1 aromatic carbocycles. The lowest BCUT2D eigenvalue weighted by molar-refractivity contribution is -0.125. The third-order valence-corrected chi connectivity index (χ3v) is 4.61. The Hall–Kier alpha value is -1.46. The Morgan fingerprint density at radius 2 is 2.09 bits per heavy atom. The maximum Gasteiger partial charge on any atom is 0.230 e. The summed E-state index contributed by atoms with van der Waals surface area (Å²) >= 11 is 0. The van der Waals surface area contributed by atoms with Crippen molar-refractivity contribution < 1.29 is 14.3 Å². The van der Waals surface area contributed by atoms with Gasteiger partial charge < -0.3 is 15.3 Å². The molecule has 0 radical (unpaired) electrons. The minimum absolute atomic E-state index is 0.0860. The molecule has 5 heteroatoms. The van der Waals surface area contributed by atoms with Gasteiger partial charge in [-0.25, -0.2) is 4.39 Å². The summed E-state index contributed by atoms with van der Waals surface area (Å²) in [5.74, 6) is -0.409. The molecule has 1 saturated heterocycles. The summed E-state index contributed by atoms with van der Waals surface area (Å²) in [5, 5.41) is 12.4. The normalized spacial score (nSPS) is 17.2. The van der Waals surface area contributed by atoms with Crippen molar-refractivity contribution in [3.63, 3.8) is 0 Å². The number of benzene rings is 1. The van der Waals surface area contributed by atoms with Crippen LogP contribution < -0.4 is 5.32 Å². The fourth-order valence-electron chi connectivity index (χ4n) is 2.88. The Morgan fingerprint density at radius 3 is 2.74 bits per heavy atom. The molecule has 23 heavy (non-hydrogen) atoms. The minimum Gasteiger partial charge on any atom is -0.393 e. The number of piperidine rings is 1. The van der Waals surface area contributed by atoms with Crippen molar-refractivity contribution in [3.8, 4) is 0 Å². The molecule has 0 aromatic heterocycles.